The van der Waals surface area contributed by atoms with Gasteiger partial charge in [0, 0.05) is 11.0 Å². The number of hydrogen-bond acceptors (Lipinski definition) is 5. The molecule has 1 aliphatic rings. The molecule has 1 fully saturated rings. The molecule has 0 aliphatic heterocycles. The Morgan fingerprint density at radius 2 is 2.47 bits per heavy atom. The highest BCUT2D eigenvalue weighted by atomic mass is 32.2. The zero-order chi connectivity index (χ0) is 13.7. The first-order valence-corrected chi connectivity index (χ1v) is 7.76. The minimum absolute atomic E-state index is 0.263. The standard InChI is InChI=1S/C12H21N5OS/c1-9-3-2-4-10(7-9)19-6-5-17-8-11(15-16-17)12(18)14-13/h8-10H,2-7,13H2,1H3,(H,14,18). The third-order valence-electron chi connectivity index (χ3n) is 3.46. The normalized spacial score (nSPS) is 23.3. The van der Waals surface area contributed by atoms with Crippen LogP contribution in [0.15, 0.2) is 6.20 Å². The van der Waals surface area contributed by atoms with Gasteiger partial charge in [-0.15, -0.1) is 5.10 Å². The zero-order valence-electron chi connectivity index (χ0n) is 11.2. The molecule has 0 radical (unpaired) electrons. The number of hydrazine groups is 1. The topological polar surface area (TPSA) is 85.8 Å². The van der Waals surface area contributed by atoms with Crippen molar-refractivity contribution < 1.29 is 4.79 Å². The molecule has 106 valence electrons. The molecule has 2 atom stereocenters. The number of nitrogens with one attached hydrogen (secondary N) is 1. The summed E-state index contributed by atoms with van der Waals surface area (Å²) in [5, 5.41) is 8.47. The lowest BCUT2D eigenvalue weighted by molar-refractivity contribution is 0.0948. The number of thioether (sulfide) groups is 1. The van der Waals surface area contributed by atoms with E-state index in [1.54, 1.807) is 10.9 Å². The Hall–Kier alpha value is -1.08. The summed E-state index contributed by atoms with van der Waals surface area (Å²) in [6.07, 6.45) is 7.00. The van der Waals surface area contributed by atoms with Gasteiger partial charge in [0.1, 0.15) is 0 Å². The largest absolute Gasteiger partial charge is 0.289 e. The van der Waals surface area contributed by atoms with Crippen molar-refractivity contribution in [3.8, 4) is 0 Å². The van der Waals surface area contributed by atoms with Crippen molar-refractivity contribution in [2.24, 2.45) is 11.8 Å². The highest BCUT2D eigenvalue weighted by Gasteiger charge is 2.18. The van der Waals surface area contributed by atoms with Crippen molar-refractivity contribution in [3.63, 3.8) is 0 Å². The first kappa shape index (κ1) is 14.3. The SMILES string of the molecule is CC1CCCC(SCCn2cc(C(=O)NN)nn2)C1. The van der Waals surface area contributed by atoms with Crippen molar-refractivity contribution >= 4 is 17.7 Å². The van der Waals surface area contributed by atoms with Crippen LogP contribution in [0, 0.1) is 5.92 Å². The van der Waals surface area contributed by atoms with E-state index in [9.17, 15) is 4.79 Å². The maximum atomic E-state index is 11.2. The van der Waals surface area contributed by atoms with Crippen molar-refractivity contribution in [1.29, 1.82) is 0 Å². The number of nitrogen functional groups attached to an aromatic ring is 1. The Labute approximate surface area is 117 Å². The van der Waals surface area contributed by atoms with Crippen LogP contribution in [-0.2, 0) is 6.54 Å². The van der Waals surface area contributed by atoms with Gasteiger partial charge in [-0.2, -0.15) is 11.8 Å². The van der Waals surface area contributed by atoms with Crippen LogP contribution in [0.25, 0.3) is 0 Å². The van der Waals surface area contributed by atoms with E-state index >= 15 is 0 Å². The number of amides is 1. The number of carbonyl (C=O) groups excluding carboxylic acids is 1. The van der Waals surface area contributed by atoms with E-state index in [4.69, 9.17) is 5.84 Å². The summed E-state index contributed by atoms with van der Waals surface area (Å²) in [5.41, 5.74) is 2.31. The first-order valence-electron chi connectivity index (χ1n) is 6.71. The lowest BCUT2D eigenvalue weighted by Gasteiger charge is -2.26. The summed E-state index contributed by atoms with van der Waals surface area (Å²) in [6.45, 7) is 3.11. The third-order valence-corrected chi connectivity index (χ3v) is 4.78. The van der Waals surface area contributed by atoms with E-state index in [-0.39, 0.29) is 5.69 Å². The molecule has 1 amide bonds. The summed E-state index contributed by atoms with van der Waals surface area (Å²) in [7, 11) is 0. The van der Waals surface area contributed by atoms with E-state index in [2.05, 4.69) is 17.2 Å². The highest BCUT2D eigenvalue weighted by molar-refractivity contribution is 7.99. The number of carbonyl (C=O) groups is 1. The third kappa shape index (κ3) is 4.21. The smallest absolute Gasteiger partial charge is 0.287 e. The number of nitrogens with zero attached hydrogens (tertiary/aromatic N) is 3. The summed E-state index contributed by atoms with van der Waals surface area (Å²) in [4.78, 5) is 11.2. The van der Waals surface area contributed by atoms with Gasteiger partial charge in [0.2, 0.25) is 0 Å². The van der Waals surface area contributed by atoms with E-state index < -0.39 is 5.91 Å². The molecule has 7 heteroatoms. The maximum absolute atomic E-state index is 11.2. The molecule has 0 bridgehead atoms. The van der Waals surface area contributed by atoms with E-state index in [1.807, 2.05) is 17.2 Å². The van der Waals surface area contributed by atoms with Crippen molar-refractivity contribution in [2.45, 2.75) is 44.4 Å². The van der Waals surface area contributed by atoms with Gasteiger partial charge in [-0.3, -0.25) is 14.9 Å². The van der Waals surface area contributed by atoms with Gasteiger partial charge >= 0.3 is 0 Å². The number of aryl methyl sites for hydroxylation is 1. The number of aromatic nitrogens is 3. The van der Waals surface area contributed by atoms with Crippen LogP contribution < -0.4 is 11.3 Å². The summed E-state index contributed by atoms with van der Waals surface area (Å²) in [5.74, 6) is 6.50. The number of hydrogen-bond donors (Lipinski definition) is 2. The van der Waals surface area contributed by atoms with E-state index in [0.717, 1.165) is 23.5 Å². The van der Waals surface area contributed by atoms with Crippen LogP contribution in [0.2, 0.25) is 0 Å². The minimum Gasteiger partial charge on any atom is -0.289 e. The average Bonchev–Trinajstić information content (AvgIpc) is 2.87. The maximum Gasteiger partial charge on any atom is 0.287 e. The summed E-state index contributed by atoms with van der Waals surface area (Å²) < 4.78 is 1.70. The monoisotopic (exact) mass is 283 g/mol. The van der Waals surface area contributed by atoms with Crippen molar-refractivity contribution in [1.82, 2.24) is 20.4 Å². The van der Waals surface area contributed by atoms with Gasteiger partial charge in [0.25, 0.3) is 5.91 Å². The summed E-state index contributed by atoms with van der Waals surface area (Å²) >= 11 is 2.01. The van der Waals surface area contributed by atoms with Crippen LogP contribution in [-0.4, -0.2) is 31.9 Å². The zero-order valence-corrected chi connectivity index (χ0v) is 12.0. The van der Waals surface area contributed by atoms with Crippen LogP contribution >= 0.6 is 11.8 Å². The fourth-order valence-electron chi connectivity index (χ4n) is 2.43. The molecule has 0 spiro atoms. The van der Waals surface area contributed by atoms with Gasteiger partial charge in [0.05, 0.1) is 12.7 Å². The van der Waals surface area contributed by atoms with Crippen LogP contribution in [0.1, 0.15) is 43.1 Å². The Morgan fingerprint density at radius 1 is 1.63 bits per heavy atom. The lowest BCUT2D eigenvalue weighted by Crippen LogP contribution is -2.30. The summed E-state index contributed by atoms with van der Waals surface area (Å²) in [6, 6.07) is 0. The van der Waals surface area contributed by atoms with Gasteiger partial charge in [-0.1, -0.05) is 25.0 Å². The first-order chi connectivity index (χ1) is 9.19. The second kappa shape index (κ2) is 6.91. The van der Waals surface area contributed by atoms with Gasteiger partial charge in [-0.25, -0.2) is 5.84 Å². The highest BCUT2D eigenvalue weighted by Crippen LogP contribution is 2.31. The molecule has 1 heterocycles. The fraction of sp³-hybridized carbons (Fsp3) is 0.750. The van der Waals surface area contributed by atoms with Gasteiger partial charge in [0.15, 0.2) is 5.69 Å². The Balaban J connectivity index is 1.73. The molecular weight excluding hydrogens is 262 g/mol. The molecule has 3 N–H and O–H groups in total. The average molecular weight is 283 g/mol. The van der Waals surface area contributed by atoms with Crippen LogP contribution in [0.5, 0.6) is 0 Å². The molecule has 1 aromatic heterocycles. The minimum atomic E-state index is -0.403. The molecule has 2 rings (SSSR count). The lowest BCUT2D eigenvalue weighted by atomic mass is 9.91. The second-order valence-electron chi connectivity index (χ2n) is 5.10. The molecule has 1 aliphatic carbocycles. The van der Waals surface area contributed by atoms with Crippen LogP contribution in [0.4, 0.5) is 0 Å². The van der Waals surface area contributed by atoms with Crippen molar-refractivity contribution in [2.75, 3.05) is 5.75 Å². The van der Waals surface area contributed by atoms with Gasteiger partial charge in [-0.05, 0) is 18.8 Å². The molecule has 1 saturated carbocycles. The molecular formula is C12H21N5OS. The molecule has 2 unspecified atom stereocenters. The van der Waals surface area contributed by atoms with Crippen LogP contribution in [0.3, 0.4) is 0 Å². The fourth-order valence-corrected chi connectivity index (χ4v) is 3.85. The van der Waals surface area contributed by atoms with E-state index in [0.29, 0.717) is 0 Å². The van der Waals surface area contributed by atoms with Crippen molar-refractivity contribution in [3.05, 3.63) is 11.9 Å². The predicted molar refractivity (Wildman–Crippen MR) is 75.6 cm³/mol. The Morgan fingerprint density at radius 3 is 3.21 bits per heavy atom. The Bertz CT molecular complexity index is 422. The van der Waals surface area contributed by atoms with E-state index in [1.165, 1.54) is 25.7 Å². The molecule has 19 heavy (non-hydrogen) atoms. The van der Waals surface area contributed by atoms with Gasteiger partial charge < -0.3 is 0 Å². The molecule has 1 aromatic rings. The molecule has 0 saturated heterocycles. The Kier molecular flexibility index (Phi) is 5.21. The predicted octanol–water partition coefficient (Wildman–Crippen LogP) is 1.19. The number of nitrogens with two attached hydrogens (primary N) is 1. The molecule has 6 nitrogen and oxygen atoms in total. The quantitative estimate of drug-likeness (QED) is 0.482. The number of rotatable bonds is 5. The molecule has 0 aromatic carbocycles. The second-order valence-corrected chi connectivity index (χ2v) is 6.51.